The molecule has 0 fully saturated rings. The third-order valence-corrected chi connectivity index (χ3v) is 5.37. The average Bonchev–Trinajstić information content (AvgIpc) is 2.62. The summed E-state index contributed by atoms with van der Waals surface area (Å²) in [5.74, 6) is 0. The van der Waals surface area contributed by atoms with E-state index in [1.54, 1.807) is 6.08 Å². The zero-order valence-electron chi connectivity index (χ0n) is 18.6. The molecule has 152 valence electrons. The van der Waals surface area contributed by atoms with Gasteiger partial charge in [0, 0.05) is 13.7 Å². The molecule has 0 N–H and O–H groups in total. The largest absolute Gasteiger partial charge is 0.375 e. The van der Waals surface area contributed by atoms with Crippen LogP contribution in [-0.4, -0.2) is 24.9 Å². The molecule has 1 unspecified atom stereocenters. The number of methoxy groups -OCH3 is 1. The Morgan fingerprint density at radius 2 is 1.28 bits per heavy atom. The summed E-state index contributed by atoms with van der Waals surface area (Å²) in [6.07, 6.45) is 15.2. The fourth-order valence-corrected chi connectivity index (χ4v) is 4.07. The van der Waals surface area contributed by atoms with Gasteiger partial charge in [-0.25, -0.2) is 0 Å². The molecule has 2 nitrogen and oxygen atoms in total. The summed E-state index contributed by atoms with van der Waals surface area (Å²) < 4.78 is 12.5. The number of hydrogen-bond acceptors (Lipinski definition) is 2. The topological polar surface area (TPSA) is 18.5 Å². The summed E-state index contributed by atoms with van der Waals surface area (Å²) in [5.41, 5.74) is -0.248. The van der Waals surface area contributed by atoms with Crippen LogP contribution >= 0.6 is 0 Å². The van der Waals surface area contributed by atoms with Crippen molar-refractivity contribution < 1.29 is 9.47 Å². The number of hydrogen-bond donors (Lipinski definition) is 0. The molecule has 0 saturated carbocycles. The number of allylic oxidation sites excluding steroid dienone is 1. The summed E-state index contributed by atoms with van der Waals surface area (Å²) in [5, 5.41) is 0. The zero-order chi connectivity index (χ0) is 19.6. The second-order valence-electron chi connectivity index (χ2n) is 7.01. The monoisotopic (exact) mass is 356 g/mol. The number of rotatable bonds is 15. The normalized spacial score (nSPS) is 13.7. The first-order valence-electron chi connectivity index (χ1n) is 10.8. The van der Waals surface area contributed by atoms with Crippen LogP contribution in [0.5, 0.6) is 0 Å². The highest BCUT2D eigenvalue weighted by molar-refractivity contribution is 5.01. The van der Waals surface area contributed by atoms with Crippen molar-refractivity contribution in [2.24, 2.45) is 0 Å². The minimum Gasteiger partial charge on any atom is -0.375 e. The Kier molecular flexibility index (Phi) is 18.4. The van der Waals surface area contributed by atoms with Gasteiger partial charge in [-0.3, -0.25) is 0 Å². The first-order valence-corrected chi connectivity index (χ1v) is 10.8. The lowest BCUT2D eigenvalue weighted by atomic mass is 9.72. The molecule has 0 aromatic heterocycles. The molecule has 2 heteroatoms. The van der Waals surface area contributed by atoms with Crippen LogP contribution in [-0.2, 0) is 9.47 Å². The summed E-state index contributed by atoms with van der Waals surface area (Å²) in [6.45, 7) is 17.2. The quantitative estimate of drug-likeness (QED) is 0.221. The van der Waals surface area contributed by atoms with E-state index in [-0.39, 0.29) is 11.2 Å². The summed E-state index contributed by atoms with van der Waals surface area (Å²) in [7, 11) is 1.89. The Bertz CT molecular complexity index is 284. The van der Waals surface area contributed by atoms with E-state index in [1.807, 2.05) is 14.0 Å². The lowest BCUT2D eigenvalue weighted by Crippen LogP contribution is -2.56. The molecule has 0 rings (SSSR count). The highest BCUT2D eigenvalue weighted by Gasteiger charge is 2.49. The van der Waals surface area contributed by atoms with Crippen molar-refractivity contribution in [2.75, 3.05) is 13.7 Å². The minimum atomic E-state index is -0.129. The lowest BCUT2D eigenvalue weighted by molar-refractivity contribution is -0.207. The second kappa shape index (κ2) is 17.1. The van der Waals surface area contributed by atoms with Gasteiger partial charge in [-0.15, -0.1) is 6.58 Å². The van der Waals surface area contributed by atoms with Crippen LogP contribution in [0.2, 0.25) is 0 Å². The highest BCUT2D eigenvalue weighted by Crippen LogP contribution is 2.43. The molecule has 1 atom stereocenters. The van der Waals surface area contributed by atoms with Crippen molar-refractivity contribution in [3.8, 4) is 0 Å². The second-order valence-corrected chi connectivity index (χ2v) is 7.01. The van der Waals surface area contributed by atoms with E-state index in [4.69, 9.17) is 9.47 Å². The van der Waals surface area contributed by atoms with Crippen molar-refractivity contribution in [2.45, 2.75) is 123 Å². The van der Waals surface area contributed by atoms with E-state index in [9.17, 15) is 0 Å². The Labute approximate surface area is 159 Å². The molecule has 0 aliphatic heterocycles. The molecule has 0 bridgehead atoms. The molecule has 0 aliphatic carbocycles. The van der Waals surface area contributed by atoms with Gasteiger partial charge < -0.3 is 9.47 Å². The van der Waals surface area contributed by atoms with Crippen LogP contribution in [0.25, 0.3) is 0 Å². The van der Waals surface area contributed by atoms with E-state index < -0.39 is 0 Å². The molecule has 0 radical (unpaired) electrons. The summed E-state index contributed by atoms with van der Waals surface area (Å²) >= 11 is 0. The SMILES string of the molecule is C=CC.CCCCCCCCC(CCC)(OC)C(CC)(CC)OCC. The molecule has 0 spiro atoms. The van der Waals surface area contributed by atoms with Gasteiger partial charge in [0.15, 0.2) is 0 Å². The van der Waals surface area contributed by atoms with Gasteiger partial charge in [-0.2, -0.15) is 0 Å². The fourth-order valence-electron chi connectivity index (χ4n) is 4.07. The van der Waals surface area contributed by atoms with Crippen LogP contribution in [0.4, 0.5) is 0 Å². The Morgan fingerprint density at radius 1 is 0.760 bits per heavy atom. The molecule has 0 amide bonds. The number of unbranched alkanes of at least 4 members (excludes halogenated alkanes) is 5. The van der Waals surface area contributed by atoms with Gasteiger partial charge in [-0.05, 0) is 39.5 Å². The molecular formula is C23H48O2. The standard InChI is InChI=1S/C20H42O2.C3H6/c1-7-12-13-14-15-16-18-20(21-6,17-8-2)19(9-3,10-4)22-11-5;1-3-2/h7-18H2,1-6H3;3H,1H2,2H3. The number of ether oxygens (including phenoxy) is 2. The van der Waals surface area contributed by atoms with Crippen molar-refractivity contribution in [1.82, 2.24) is 0 Å². The van der Waals surface area contributed by atoms with E-state index in [1.165, 1.54) is 38.5 Å². The lowest BCUT2D eigenvalue weighted by Gasteiger charge is -2.49. The Balaban J connectivity index is 0. The third-order valence-electron chi connectivity index (χ3n) is 5.37. The highest BCUT2D eigenvalue weighted by atomic mass is 16.6. The predicted octanol–water partition coefficient (Wildman–Crippen LogP) is 7.71. The fraction of sp³-hybridized carbons (Fsp3) is 0.913. The van der Waals surface area contributed by atoms with E-state index in [2.05, 4.69) is 41.2 Å². The van der Waals surface area contributed by atoms with Crippen LogP contribution < -0.4 is 0 Å². The van der Waals surface area contributed by atoms with Gasteiger partial charge in [0.2, 0.25) is 0 Å². The Morgan fingerprint density at radius 3 is 1.68 bits per heavy atom. The van der Waals surface area contributed by atoms with Crippen molar-refractivity contribution in [3.05, 3.63) is 12.7 Å². The maximum absolute atomic E-state index is 6.31. The van der Waals surface area contributed by atoms with Crippen molar-refractivity contribution in [1.29, 1.82) is 0 Å². The first-order chi connectivity index (χ1) is 12.0. The minimum absolute atomic E-state index is 0.119. The first kappa shape index (κ1) is 26.9. The van der Waals surface area contributed by atoms with Gasteiger partial charge in [0.1, 0.15) is 0 Å². The average molecular weight is 357 g/mol. The molecule has 0 aromatic carbocycles. The molecular weight excluding hydrogens is 308 g/mol. The maximum atomic E-state index is 6.31. The summed E-state index contributed by atoms with van der Waals surface area (Å²) in [6, 6.07) is 0. The van der Waals surface area contributed by atoms with Gasteiger partial charge in [0.05, 0.1) is 11.2 Å². The van der Waals surface area contributed by atoms with Crippen molar-refractivity contribution in [3.63, 3.8) is 0 Å². The van der Waals surface area contributed by atoms with Gasteiger partial charge >= 0.3 is 0 Å². The maximum Gasteiger partial charge on any atom is 0.0966 e. The third kappa shape index (κ3) is 9.24. The van der Waals surface area contributed by atoms with E-state index in [0.29, 0.717) is 0 Å². The van der Waals surface area contributed by atoms with Gasteiger partial charge in [-0.1, -0.05) is 78.7 Å². The van der Waals surface area contributed by atoms with Crippen molar-refractivity contribution >= 4 is 0 Å². The van der Waals surface area contributed by atoms with Crippen LogP contribution in [0.3, 0.4) is 0 Å². The van der Waals surface area contributed by atoms with E-state index in [0.717, 1.165) is 38.7 Å². The smallest absolute Gasteiger partial charge is 0.0966 e. The molecule has 0 heterocycles. The predicted molar refractivity (Wildman–Crippen MR) is 113 cm³/mol. The van der Waals surface area contributed by atoms with E-state index >= 15 is 0 Å². The van der Waals surface area contributed by atoms with Crippen LogP contribution in [0.15, 0.2) is 12.7 Å². The molecule has 0 aromatic rings. The van der Waals surface area contributed by atoms with Crippen LogP contribution in [0, 0.1) is 0 Å². The molecule has 25 heavy (non-hydrogen) atoms. The summed E-state index contributed by atoms with van der Waals surface area (Å²) in [4.78, 5) is 0. The zero-order valence-corrected chi connectivity index (χ0v) is 18.6. The molecule has 0 saturated heterocycles. The van der Waals surface area contributed by atoms with Gasteiger partial charge in [0.25, 0.3) is 0 Å². The van der Waals surface area contributed by atoms with Crippen LogP contribution in [0.1, 0.15) is 112 Å². The molecule has 0 aliphatic rings. The Hall–Kier alpha value is -0.340.